The molecule has 1 fully saturated rings. The van der Waals surface area contributed by atoms with Gasteiger partial charge in [0, 0.05) is 6.04 Å². The summed E-state index contributed by atoms with van der Waals surface area (Å²) in [5, 5.41) is 3.39. The fourth-order valence-corrected chi connectivity index (χ4v) is 3.76. The first kappa shape index (κ1) is 13.9. The number of rotatable bonds is 3. The zero-order valence-corrected chi connectivity index (χ0v) is 13.0. The van der Waals surface area contributed by atoms with Crippen LogP contribution in [0.15, 0.2) is 18.2 Å². The van der Waals surface area contributed by atoms with E-state index in [0.717, 1.165) is 17.6 Å². The van der Waals surface area contributed by atoms with Crippen molar-refractivity contribution < 1.29 is 4.74 Å². The van der Waals surface area contributed by atoms with Crippen LogP contribution in [0.1, 0.15) is 56.7 Å². The SMILES string of the molecule is CNC1CCc2cc(OC3CCC(C)C(C)C3)ccc21. The van der Waals surface area contributed by atoms with Crippen LogP contribution >= 0.6 is 0 Å². The Kier molecular flexibility index (Phi) is 4.02. The van der Waals surface area contributed by atoms with Gasteiger partial charge < -0.3 is 10.1 Å². The van der Waals surface area contributed by atoms with E-state index in [1.54, 1.807) is 0 Å². The van der Waals surface area contributed by atoms with Crippen LogP contribution in [0, 0.1) is 11.8 Å². The molecule has 1 aromatic rings. The molecule has 110 valence electrons. The first-order chi connectivity index (χ1) is 9.67. The van der Waals surface area contributed by atoms with Crippen LogP contribution in [0.25, 0.3) is 0 Å². The van der Waals surface area contributed by atoms with Crippen molar-refractivity contribution in [2.45, 2.75) is 58.1 Å². The zero-order valence-electron chi connectivity index (χ0n) is 13.0. The molecule has 4 unspecified atom stereocenters. The van der Waals surface area contributed by atoms with Gasteiger partial charge in [-0.25, -0.2) is 0 Å². The van der Waals surface area contributed by atoms with Crippen LogP contribution in [0.5, 0.6) is 5.75 Å². The summed E-state index contributed by atoms with van der Waals surface area (Å²) in [6, 6.07) is 7.23. The van der Waals surface area contributed by atoms with Crippen molar-refractivity contribution in [3.8, 4) is 5.75 Å². The monoisotopic (exact) mass is 273 g/mol. The molecule has 0 amide bonds. The molecule has 0 saturated heterocycles. The molecule has 1 saturated carbocycles. The molecule has 20 heavy (non-hydrogen) atoms. The van der Waals surface area contributed by atoms with Crippen molar-refractivity contribution in [3.63, 3.8) is 0 Å². The van der Waals surface area contributed by atoms with Gasteiger partial charge in [0.1, 0.15) is 5.75 Å². The van der Waals surface area contributed by atoms with Gasteiger partial charge in [0.25, 0.3) is 0 Å². The molecule has 4 atom stereocenters. The number of ether oxygens (including phenoxy) is 1. The van der Waals surface area contributed by atoms with Gasteiger partial charge in [0.2, 0.25) is 0 Å². The van der Waals surface area contributed by atoms with E-state index in [1.807, 2.05) is 0 Å². The molecule has 0 heterocycles. The highest BCUT2D eigenvalue weighted by atomic mass is 16.5. The van der Waals surface area contributed by atoms with Crippen LogP contribution in [0.4, 0.5) is 0 Å². The van der Waals surface area contributed by atoms with Crippen LogP contribution in [0.3, 0.4) is 0 Å². The minimum absolute atomic E-state index is 0.417. The van der Waals surface area contributed by atoms with Crippen molar-refractivity contribution >= 4 is 0 Å². The molecule has 1 N–H and O–H groups in total. The third-order valence-electron chi connectivity index (χ3n) is 5.39. The Morgan fingerprint density at radius 3 is 2.70 bits per heavy atom. The normalized spacial score (nSPS) is 33.0. The lowest BCUT2D eigenvalue weighted by Gasteiger charge is -2.32. The van der Waals surface area contributed by atoms with Crippen LogP contribution < -0.4 is 10.1 Å². The molecular formula is C18H27NO. The third-order valence-corrected chi connectivity index (χ3v) is 5.39. The standard InChI is InChI=1S/C18H27NO/c1-12-4-6-15(10-13(12)2)20-16-7-8-17-14(11-16)5-9-18(17)19-3/h7-8,11-13,15,18-19H,4-6,9-10H2,1-3H3. The number of nitrogens with one attached hydrogen (secondary N) is 1. The maximum absolute atomic E-state index is 6.25. The Morgan fingerprint density at radius 1 is 1.10 bits per heavy atom. The average Bonchev–Trinajstić information content (AvgIpc) is 2.85. The van der Waals surface area contributed by atoms with Gasteiger partial charge in [0.15, 0.2) is 0 Å². The fraction of sp³-hybridized carbons (Fsp3) is 0.667. The predicted octanol–water partition coefficient (Wildman–Crippen LogP) is 4.10. The largest absolute Gasteiger partial charge is 0.490 e. The summed E-state index contributed by atoms with van der Waals surface area (Å²) in [4.78, 5) is 0. The van der Waals surface area contributed by atoms with Gasteiger partial charge >= 0.3 is 0 Å². The summed E-state index contributed by atoms with van der Waals surface area (Å²) in [5.41, 5.74) is 2.93. The molecule has 1 aromatic carbocycles. The van der Waals surface area contributed by atoms with Gasteiger partial charge in [-0.1, -0.05) is 19.9 Å². The van der Waals surface area contributed by atoms with Crippen LogP contribution in [-0.4, -0.2) is 13.2 Å². The molecule has 0 aliphatic heterocycles. The van der Waals surface area contributed by atoms with E-state index in [1.165, 1.54) is 43.2 Å². The molecule has 0 spiro atoms. The van der Waals surface area contributed by atoms with Crippen molar-refractivity contribution in [1.29, 1.82) is 0 Å². The highest BCUT2D eigenvalue weighted by Gasteiger charge is 2.26. The van der Waals surface area contributed by atoms with Crippen molar-refractivity contribution in [1.82, 2.24) is 5.32 Å². The van der Waals surface area contributed by atoms with E-state index in [-0.39, 0.29) is 0 Å². The molecule has 0 aromatic heterocycles. The van der Waals surface area contributed by atoms with E-state index in [9.17, 15) is 0 Å². The number of aryl methyl sites for hydroxylation is 1. The summed E-state index contributed by atoms with van der Waals surface area (Å²) in [6.45, 7) is 4.73. The molecule has 0 bridgehead atoms. The second-order valence-electron chi connectivity index (χ2n) is 6.75. The summed E-state index contributed by atoms with van der Waals surface area (Å²) < 4.78 is 6.25. The topological polar surface area (TPSA) is 21.3 Å². The predicted molar refractivity (Wildman–Crippen MR) is 83.2 cm³/mol. The third kappa shape index (κ3) is 2.71. The number of hydrogen-bond acceptors (Lipinski definition) is 2. The molecule has 2 heteroatoms. The van der Waals surface area contributed by atoms with E-state index in [2.05, 4.69) is 44.4 Å². The number of hydrogen-bond donors (Lipinski definition) is 1. The lowest BCUT2D eigenvalue weighted by molar-refractivity contribution is 0.101. The minimum Gasteiger partial charge on any atom is -0.490 e. The van der Waals surface area contributed by atoms with Gasteiger partial charge in [-0.3, -0.25) is 0 Å². The molecule has 2 aliphatic rings. The molecular weight excluding hydrogens is 246 g/mol. The smallest absolute Gasteiger partial charge is 0.120 e. The highest BCUT2D eigenvalue weighted by Crippen LogP contribution is 2.35. The van der Waals surface area contributed by atoms with Gasteiger partial charge in [-0.2, -0.15) is 0 Å². The molecule has 2 nitrogen and oxygen atoms in total. The molecule has 0 radical (unpaired) electrons. The quantitative estimate of drug-likeness (QED) is 0.895. The summed E-state index contributed by atoms with van der Waals surface area (Å²) in [7, 11) is 2.05. The first-order valence-corrected chi connectivity index (χ1v) is 8.14. The van der Waals surface area contributed by atoms with Crippen molar-refractivity contribution in [2.75, 3.05) is 7.05 Å². The van der Waals surface area contributed by atoms with E-state index in [4.69, 9.17) is 4.74 Å². The number of benzene rings is 1. The van der Waals surface area contributed by atoms with Gasteiger partial charge in [0.05, 0.1) is 6.10 Å². The summed E-state index contributed by atoms with van der Waals surface area (Å²) in [6.07, 6.45) is 6.53. The Labute approximate surface area is 122 Å². The second-order valence-corrected chi connectivity index (χ2v) is 6.75. The van der Waals surface area contributed by atoms with Crippen molar-refractivity contribution in [3.05, 3.63) is 29.3 Å². The highest BCUT2D eigenvalue weighted by molar-refractivity contribution is 5.40. The Hall–Kier alpha value is -1.02. The maximum Gasteiger partial charge on any atom is 0.120 e. The van der Waals surface area contributed by atoms with E-state index >= 15 is 0 Å². The number of fused-ring (bicyclic) bond motifs is 1. The lowest BCUT2D eigenvalue weighted by Crippen LogP contribution is -2.28. The Morgan fingerprint density at radius 2 is 1.95 bits per heavy atom. The first-order valence-electron chi connectivity index (χ1n) is 8.14. The maximum atomic E-state index is 6.25. The minimum atomic E-state index is 0.417. The molecule has 3 rings (SSSR count). The lowest BCUT2D eigenvalue weighted by atomic mass is 9.80. The molecule has 2 aliphatic carbocycles. The Balaban J connectivity index is 1.67. The van der Waals surface area contributed by atoms with Gasteiger partial charge in [-0.15, -0.1) is 0 Å². The van der Waals surface area contributed by atoms with Gasteiger partial charge in [-0.05, 0) is 74.2 Å². The fourth-order valence-electron chi connectivity index (χ4n) is 3.76. The van der Waals surface area contributed by atoms with E-state index in [0.29, 0.717) is 12.1 Å². The Bertz CT molecular complexity index is 470. The van der Waals surface area contributed by atoms with E-state index < -0.39 is 0 Å². The van der Waals surface area contributed by atoms with Crippen molar-refractivity contribution in [2.24, 2.45) is 11.8 Å². The zero-order chi connectivity index (χ0) is 14.1. The average molecular weight is 273 g/mol. The van der Waals surface area contributed by atoms with Crippen LogP contribution in [-0.2, 0) is 6.42 Å². The second kappa shape index (κ2) is 5.77. The summed E-state index contributed by atoms with van der Waals surface area (Å²) in [5.74, 6) is 2.72. The van der Waals surface area contributed by atoms with Crippen LogP contribution in [0.2, 0.25) is 0 Å². The summed E-state index contributed by atoms with van der Waals surface area (Å²) >= 11 is 0.